The maximum Gasteiger partial charge on any atom is 0.225 e. The van der Waals surface area contributed by atoms with Gasteiger partial charge in [0.25, 0.3) is 0 Å². The van der Waals surface area contributed by atoms with Crippen LogP contribution in [0.4, 0.5) is 0 Å². The van der Waals surface area contributed by atoms with E-state index in [2.05, 4.69) is 24.1 Å². The number of piperidine rings is 1. The number of hydrogen-bond acceptors (Lipinski definition) is 2. The van der Waals surface area contributed by atoms with Crippen LogP contribution in [0.3, 0.4) is 0 Å². The van der Waals surface area contributed by atoms with Crippen molar-refractivity contribution >= 4 is 11.8 Å². The summed E-state index contributed by atoms with van der Waals surface area (Å²) in [6.07, 6.45) is 9.51. The molecular weight excluding hydrogens is 288 g/mol. The van der Waals surface area contributed by atoms with E-state index in [-0.39, 0.29) is 11.8 Å². The first kappa shape index (κ1) is 18.3. The zero-order valence-electron chi connectivity index (χ0n) is 15.0. The topological polar surface area (TPSA) is 49.4 Å². The molecule has 0 atom stereocenters. The van der Waals surface area contributed by atoms with Gasteiger partial charge in [-0.25, -0.2) is 0 Å². The van der Waals surface area contributed by atoms with Crippen molar-refractivity contribution in [3.05, 3.63) is 0 Å². The van der Waals surface area contributed by atoms with Gasteiger partial charge in [-0.15, -0.1) is 0 Å². The molecule has 132 valence electrons. The summed E-state index contributed by atoms with van der Waals surface area (Å²) < 4.78 is 0. The van der Waals surface area contributed by atoms with Gasteiger partial charge >= 0.3 is 0 Å². The second-order valence-corrected chi connectivity index (χ2v) is 7.84. The number of hydrogen-bond donors (Lipinski definition) is 1. The Morgan fingerprint density at radius 3 is 2.30 bits per heavy atom. The van der Waals surface area contributed by atoms with Crippen LogP contribution in [0.5, 0.6) is 0 Å². The number of rotatable bonds is 6. The van der Waals surface area contributed by atoms with Crippen molar-refractivity contribution in [3.63, 3.8) is 0 Å². The zero-order chi connectivity index (χ0) is 16.7. The van der Waals surface area contributed by atoms with Crippen molar-refractivity contribution in [2.45, 2.75) is 71.6 Å². The molecule has 1 saturated carbocycles. The first-order valence-electron chi connectivity index (χ1n) is 9.61. The standard InChI is InChI=1S/C19H34N2O2/c1-15(2)8-11-20-18(22)14-16-9-12-21(13-10-16)19(23)17-6-4-3-5-7-17/h15-17H,3-14H2,1-2H3,(H,20,22). The van der Waals surface area contributed by atoms with E-state index in [4.69, 9.17) is 0 Å². The van der Waals surface area contributed by atoms with Crippen LogP contribution in [0.2, 0.25) is 0 Å². The Kier molecular flexibility index (Phi) is 7.38. The van der Waals surface area contributed by atoms with Gasteiger partial charge in [-0.3, -0.25) is 9.59 Å². The molecule has 2 rings (SSSR count). The molecule has 1 N–H and O–H groups in total. The van der Waals surface area contributed by atoms with Gasteiger partial charge in [0.15, 0.2) is 0 Å². The molecule has 23 heavy (non-hydrogen) atoms. The van der Waals surface area contributed by atoms with E-state index in [1.165, 1.54) is 19.3 Å². The molecule has 1 saturated heterocycles. The molecule has 2 fully saturated rings. The van der Waals surface area contributed by atoms with Crippen LogP contribution in [0.15, 0.2) is 0 Å². The molecule has 1 aliphatic carbocycles. The number of nitrogens with one attached hydrogen (secondary N) is 1. The van der Waals surface area contributed by atoms with E-state index in [1.807, 2.05) is 0 Å². The van der Waals surface area contributed by atoms with Gasteiger partial charge in [-0.2, -0.15) is 0 Å². The highest BCUT2D eigenvalue weighted by Crippen LogP contribution is 2.28. The summed E-state index contributed by atoms with van der Waals surface area (Å²) in [5, 5.41) is 3.03. The molecule has 0 radical (unpaired) electrons. The van der Waals surface area contributed by atoms with Gasteiger partial charge in [0.05, 0.1) is 0 Å². The lowest BCUT2D eigenvalue weighted by atomic mass is 9.87. The number of likely N-dealkylation sites (tertiary alicyclic amines) is 1. The van der Waals surface area contributed by atoms with Gasteiger partial charge in [0.2, 0.25) is 11.8 Å². The van der Waals surface area contributed by atoms with E-state index in [9.17, 15) is 9.59 Å². The molecule has 0 unspecified atom stereocenters. The molecule has 4 heteroatoms. The average Bonchev–Trinajstić information content (AvgIpc) is 2.55. The Balaban J connectivity index is 1.65. The summed E-state index contributed by atoms with van der Waals surface area (Å²) >= 11 is 0. The van der Waals surface area contributed by atoms with Gasteiger partial charge in [-0.1, -0.05) is 33.1 Å². The molecule has 2 amide bonds. The fourth-order valence-electron chi connectivity index (χ4n) is 3.80. The Bertz CT molecular complexity index is 381. The third-order valence-corrected chi connectivity index (χ3v) is 5.40. The summed E-state index contributed by atoms with van der Waals surface area (Å²) in [5.74, 6) is 1.92. The third kappa shape index (κ3) is 6.15. The lowest BCUT2D eigenvalue weighted by molar-refractivity contribution is -0.138. The Morgan fingerprint density at radius 1 is 1.04 bits per heavy atom. The summed E-state index contributed by atoms with van der Waals surface area (Å²) in [4.78, 5) is 26.6. The van der Waals surface area contributed by atoms with E-state index >= 15 is 0 Å². The number of carbonyl (C=O) groups excluding carboxylic acids is 2. The fourth-order valence-corrected chi connectivity index (χ4v) is 3.80. The second-order valence-electron chi connectivity index (χ2n) is 7.84. The molecule has 4 nitrogen and oxygen atoms in total. The first-order valence-corrected chi connectivity index (χ1v) is 9.61. The maximum atomic E-state index is 12.5. The van der Waals surface area contributed by atoms with Crippen LogP contribution in [0, 0.1) is 17.8 Å². The Labute approximate surface area is 141 Å². The summed E-state index contributed by atoms with van der Waals surface area (Å²) in [6.45, 7) is 6.82. The fraction of sp³-hybridized carbons (Fsp3) is 0.895. The van der Waals surface area contributed by atoms with E-state index in [0.717, 1.165) is 51.7 Å². The Hall–Kier alpha value is -1.06. The minimum atomic E-state index is 0.183. The number of amides is 2. The molecule has 1 heterocycles. The van der Waals surface area contributed by atoms with E-state index in [0.29, 0.717) is 24.2 Å². The molecule has 0 aromatic heterocycles. The van der Waals surface area contributed by atoms with Crippen LogP contribution >= 0.6 is 0 Å². The van der Waals surface area contributed by atoms with Gasteiger partial charge < -0.3 is 10.2 Å². The highest BCUT2D eigenvalue weighted by atomic mass is 16.2. The van der Waals surface area contributed by atoms with Crippen molar-refractivity contribution in [3.8, 4) is 0 Å². The molecule has 2 aliphatic rings. The lowest BCUT2D eigenvalue weighted by Crippen LogP contribution is -2.43. The normalized spacial score (nSPS) is 20.7. The molecule has 0 spiro atoms. The van der Waals surface area contributed by atoms with Crippen molar-refractivity contribution in [1.82, 2.24) is 10.2 Å². The summed E-state index contributed by atoms with van der Waals surface area (Å²) in [7, 11) is 0. The monoisotopic (exact) mass is 322 g/mol. The average molecular weight is 322 g/mol. The SMILES string of the molecule is CC(C)CCNC(=O)CC1CCN(C(=O)C2CCCCC2)CC1. The smallest absolute Gasteiger partial charge is 0.225 e. The van der Waals surface area contributed by atoms with Crippen LogP contribution < -0.4 is 5.32 Å². The predicted molar refractivity (Wildman–Crippen MR) is 93.0 cm³/mol. The van der Waals surface area contributed by atoms with E-state index in [1.54, 1.807) is 0 Å². The minimum Gasteiger partial charge on any atom is -0.356 e. The largest absolute Gasteiger partial charge is 0.356 e. The number of carbonyl (C=O) groups is 2. The van der Waals surface area contributed by atoms with Crippen LogP contribution in [-0.2, 0) is 9.59 Å². The molecular formula is C19H34N2O2. The maximum absolute atomic E-state index is 12.5. The van der Waals surface area contributed by atoms with Crippen LogP contribution in [0.1, 0.15) is 71.6 Å². The molecule has 0 aromatic carbocycles. The van der Waals surface area contributed by atoms with Gasteiger partial charge in [-0.05, 0) is 43.9 Å². The number of nitrogens with zero attached hydrogens (tertiary/aromatic N) is 1. The van der Waals surface area contributed by atoms with Gasteiger partial charge in [0, 0.05) is 32.0 Å². The first-order chi connectivity index (χ1) is 11.1. The Morgan fingerprint density at radius 2 is 1.70 bits per heavy atom. The third-order valence-electron chi connectivity index (χ3n) is 5.40. The zero-order valence-corrected chi connectivity index (χ0v) is 15.0. The predicted octanol–water partition coefficient (Wildman–Crippen LogP) is 3.36. The second kappa shape index (κ2) is 9.29. The highest BCUT2D eigenvalue weighted by molar-refractivity contribution is 5.79. The van der Waals surface area contributed by atoms with Crippen molar-refractivity contribution in [1.29, 1.82) is 0 Å². The minimum absolute atomic E-state index is 0.183. The van der Waals surface area contributed by atoms with Crippen molar-refractivity contribution in [2.24, 2.45) is 17.8 Å². The molecule has 0 bridgehead atoms. The molecule has 0 aromatic rings. The van der Waals surface area contributed by atoms with Gasteiger partial charge in [0.1, 0.15) is 0 Å². The highest BCUT2D eigenvalue weighted by Gasteiger charge is 2.29. The van der Waals surface area contributed by atoms with Crippen LogP contribution in [0.25, 0.3) is 0 Å². The van der Waals surface area contributed by atoms with E-state index < -0.39 is 0 Å². The van der Waals surface area contributed by atoms with Crippen LogP contribution in [-0.4, -0.2) is 36.3 Å². The van der Waals surface area contributed by atoms with Crippen molar-refractivity contribution < 1.29 is 9.59 Å². The lowest BCUT2D eigenvalue weighted by Gasteiger charge is -2.35. The molecule has 1 aliphatic heterocycles. The quantitative estimate of drug-likeness (QED) is 0.815. The summed E-state index contributed by atoms with van der Waals surface area (Å²) in [5.41, 5.74) is 0. The van der Waals surface area contributed by atoms with Crippen molar-refractivity contribution in [2.75, 3.05) is 19.6 Å². The summed E-state index contributed by atoms with van der Waals surface area (Å²) in [6, 6.07) is 0.